The van der Waals surface area contributed by atoms with E-state index >= 15 is 0 Å². The molecule has 1 saturated carbocycles. The summed E-state index contributed by atoms with van der Waals surface area (Å²) in [6.07, 6.45) is 5.23. The molecule has 0 saturated heterocycles. The Kier molecular flexibility index (Phi) is 1.70. The molecule has 0 amide bonds. The first kappa shape index (κ1) is 8.17. The molecule has 3 nitrogen and oxygen atoms in total. The molecule has 2 aromatic rings. The molecule has 72 valence electrons. The second-order valence-corrected chi connectivity index (χ2v) is 4.63. The van der Waals surface area contributed by atoms with Crippen molar-refractivity contribution in [2.24, 2.45) is 0 Å². The molecule has 0 N–H and O–H groups in total. The summed E-state index contributed by atoms with van der Waals surface area (Å²) in [5.41, 5.74) is 0.0773. The van der Waals surface area contributed by atoms with Crippen LogP contribution in [0.1, 0.15) is 25.3 Å². The molecule has 0 aromatic carbocycles. The first-order valence-electron chi connectivity index (χ1n) is 4.81. The zero-order valence-corrected chi connectivity index (χ0v) is 8.46. The topological polar surface area (TPSA) is 34.9 Å². The van der Waals surface area contributed by atoms with Crippen LogP contribution in [0.2, 0.25) is 0 Å². The van der Waals surface area contributed by atoms with Gasteiger partial charge in [0, 0.05) is 0 Å². The molecule has 1 fully saturated rings. The van der Waals surface area contributed by atoms with Crippen molar-refractivity contribution < 1.29 is 0 Å². The minimum Gasteiger partial charge on any atom is -0.267 e. The summed E-state index contributed by atoms with van der Waals surface area (Å²) in [5, 5.41) is 6.98. The molecule has 2 aromatic heterocycles. The van der Waals surface area contributed by atoms with Crippen LogP contribution in [0.25, 0.3) is 10.1 Å². The van der Waals surface area contributed by atoms with Gasteiger partial charge in [-0.25, -0.2) is 4.68 Å². The third-order valence-electron chi connectivity index (χ3n) is 2.85. The van der Waals surface area contributed by atoms with Gasteiger partial charge in [0.05, 0.1) is 22.3 Å². The Hall–Kier alpha value is -1.16. The number of aromatic nitrogens is 2. The highest BCUT2D eigenvalue weighted by Crippen LogP contribution is 2.29. The summed E-state index contributed by atoms with van der Waals surface area (Å²) in [6, 6.07) is 2.24. The summed E-state index contributed by atoms with van der Waals surface area (Å²) >= 11 is 1.57. The summed E-state index contributed by atoms with van der Waals surface area (Å²) < 4.78 is 2.64. The van der Waals surface area contributed by atoms with Gasteiger partial charge in [-0.3, -0.25) is 4.79 Å². The Labute approximate surface area is 85.0 Å². The highest BCUT2D eigenvalue weighted by molar-refractivity contribution is 7.17. The van der Waals surface area contributed by atoms with Crippen LogP contribution >= 0.6 is 11.3 Å². The van der Waals surface area contributed by atoms with Crippen molar-refractivity contribution in [3.05, 3.63) is 28.0 Å². The highest BCUT2D eigenvalue weighted by Gasteiger charge is 2.21. The fourth-order valence-electron chi connectivity index (χ4n) is 1.78. The lowest BCUT2D eigenvalue weighted by Crippen LogP contribution is -2.30. The van der Waals surface area contributed by atoms with E-state index in [2.05, 4.69) is 5.10 Å². The predicted octanol–water partition coefficient (Wildman–Crippen LogP) is 2.18. The van der Waals surface area contributed by atoms with Crippen molar-refractivity contribution in [2.45, 2.75) is 25.3 Å². The van der Waals surface area contributed by atoms with Crippen LogP contribution in [0.3, 0.4) is 0 Å². The maximum absolute atomic E-state index is 11.9. The normalized spacial score (nSPS) is 17.1. The third-order valence-corrected chi connectivity index (χ3v) is 3.71. The van der Waals surface area contributed by atoms with E-state index in [0.29, 0.717) is 6.04 Å². The highest BCUT2D eigenvalue weighted by atomic mass is 32.1. The van der Waals surface area contributed by atoms with Gasteiger partial charge in [0.25, 0.3) is 5.56 Å². The van der Waals surface area contributed by atoms with E-state index in [4.69, 9.17) is 0 Å². The number of nitrogens with zero attached hydrogens (tertiary/aromatic N) is 2. The van der Waals surface area contributed by atoms with Gasteiger partial charge < -0.3 is 0 Å². The van der Waals surface area contributed by atoms with Crippen molar-refractivity contribution >= 4 is 21.4 Å². The maximum atomic E-state index is 11.9. The molecule has 2 heterocycles. The summed E-state index contributed by atoms with van der Waals surface area (Å²) in [5.74, 6) is 0. The van der Waals surface area contributed by atoms with Crippen LogP contribution in [-0.4, -0.2) is 9.78 Å². The molecule has 0 unspecified atom stereocenters. The number of fused-ring (bicyclic) bond motifs is 1. The molecule has 3 rings (SSSR count). The van der Waals surface area contributed by atoms with Crippen molar-refractivity contribution in [3.63, 3.8) is 0 Å². The number of hydrogen-bond donors (Lipinski definition) is 0. The lowest BCUT2D eigenvalue weighted by molar-refractivity contribution is 0.280. The molecular formula is C10H10N2OS. The van der Waals surface area contributed by atoms with E-state index in [0.717, 1.165) is 22.9 Å². The number of hydrogen-bond acceptors (Lipinski definition) is 3. The Morgan fingerprint density at radius 2 is 2.36 bits per heavy atom. The molecule has 4 heteroatoms. The SMILES string of the molecule is O=c1c2ccsc2cnn1C1CCC1. The lowest BCUT2D eigenvalue weighted by atomic mass is 9.93. The van der Waals surface area contributed by atoms with Gasteiger partial charge in [0.2, 0.25) is 0 Å². The fraction of sp³-hybridized carbons (Fsp3) is 0.400. The van der Waals surface area contributed by atoms with Gasteiger partial charge in [0.1, 0.15) is 0 Å². The van der Waals surface area contributed by atoms with E-state index < -0.39 is 0 Å². The maximum Gasteiger partial charge on any atom is 0.275 e. The van der Waals surface area contributed by atoms with Gasteiger partial charge in [-0.15, -0.1) is 11.3 Å². The molecular weight excluding hydrogens is 196 g/mol. The largest absolute Gasteiger partial charge is 0.275 e. The van der Waals surface area contributed by atoms with Crippen LogP contribution in [0.4, 0.5) is 0 Å². The standard InChI is InChI=1S/C10H10N2OS/c13-10-8-4-5-14-9(8)6-11-12(10)7-2-1-3-7/h4-7H,1-3H2. The molecule has 0 bridgehead atoms. The van der Waals surface area contributed by atoms with Crippen LogP contribution in [0.15, 0.2) is 22.4 Å². The van der Waals surface area contributed by atoms with Crippen molar-refractivity contribution in [1.29, 1.82) is 0 Å². The minimum absolute atomic E-state index is 0.0773. The average Bonchev–Trinajstić information content (AvgIpc) is 2.55. The van der Waals surface area contributed by atoms with E-state index in [1.807, 2.05) is 11.4 Å². The van der Waals surface area contributed by atoms with Gasteiger partial charge in [-0.05, 0) is 30.7 Å². The van der Waals surface area contributed by atoms with Gasteiger partial charge in [-0.2, -0.15) is 5.10 Å². The fourth-order valence-corrected chi connectivity index (χ4v) is 2.52. The molecule has 14 heavy (non-hydrogen) atoms. The van der Waals surface area contributed by atoms with E-state index in [1.165, 1.54) is 6.42 Å². The van der Waals surface area contributed by atoms with E-state index in [-0.39, 0.29) is 5.56 Å². The molecule has 0 spiro atoms. The zero-order valence-electron chi connectivity index (χ0n) is 7.64. The van der Waals surface area contributed by atoms with Crippen LogP contribution in [-0.2, 0) is 0 Å². The minimum atomic E-state index is 0.0773. The van der Waals surface area contributed by atoms with Gasteiger partial charge >= 0.3 is 0 Å². The molecule has 1 aliphatic rings. The van der Waals surface area contributed by atoms with Gasteiger partial charge in [0.15, 0.2) is 0 Å². The van der Waals surface area contributed by atoms with Gasteiger partial charge in [-0.1, -0.05) is 0 Å². The molecule has 0 radical (unpaired) electrons. The van der Waals surface area contributed by atoms with Crippen molar-refractivity contribution in [3.8, 4) is 0 Å². The Balaban J connectivity index is 2.24. The molecule has 0 aliphatic heterocycles. The van der Waals surface area contributed by atoms with E-state index in [9.17, 15) is 4.79 Å². The first-order valence-corrected chi connectivity index (χ1v) is 5.69. The van der Waals surface area contributed by atoms with Crippen molar-refractivity contribution in [1.82, 2.24) is 9.78 Å². The average molecular weight is 206 g/mol. The Morgan fingerprint density at radius 1 is 1.50 bits per heavy atom. The first-order chi connectivity index (χ1) is 6.86. The van der Waals surface area contributed by atoms with E-state index in [1.54, 1.807) is 22.2 Å². The van der Waals surface area contributed by atoms with Crippen LogP contribution in [0.5, 0.6) is 0 Å². The molecule has 0 atom stereocenters. The zero-order chi connectivity index (χ0) is 9.54. The molecule has 1 aliphatic carbocycles. The lowest BCUT2D eigenvalue weighted by Gasteiger charge is -2.25. The van der Waals surface area contributed by atoms with Crippen molar-refractivity contribution in [2.75, 3.05) is 0 Å². The van der Waals surface area contributed by atoms with Crippen LogP contribution < -0.4 is 5.56 Å². The quantitative estimate of drug-likeness (QED) is 0.716. The smallest absolute Gasteiger partial charge is 0.267 e. The number of thiophene rings is 1. The summed E-state index contributed by atoms with van der Waals surface area (Å²) in [6.45, 7) is 0. The monoisotopic (exact) mass is 206 g/mol. The summed E-state index contributed by atoms with van der Waals surface area (Å²) in [7, 11) is 0. The second-order valence-electron chi connectivity index (χ2n) is 3.68. The Morgan fingerprint density at radius 3 is 3.07 bits per heavy atom. The third kappa shape index (κ3) is 1.04. The second kappa shape index (κ2) is 2.92. The summed E-state index contributed by atoms with van der Waals surface area (Å²) in [4.78, 5) is 11.9. The Bertz CT molecular complexity index is 524. The predicted molar refractivity (Wildman–Crippen MR) is 56.8 cm³/mol. The van der Waals surface area contributed by atoms with Crippen LogP contribution in [0, 0.1) is 0 Å². The number of rotatable bonds is 1.